The quantitative estimate of drug-likeness (QED) is 0.398. The van der Waals surface area contributed by atoms with Crippen LogP contribution >= 0.6 is 0 Å². The van der Waals surface area contributed by atoms with Gasteiger partial charge in [-0.25, -0.2) is 0 Å². The highest BCUT2D eigenvalue weighted by Gasteiger charge is 1.95. The van der Waals surface area contributed by atoms with Gasteiger partial charge in [-0.2, -0.15) is 0 Å². The van der Waals surface area contributed by atoms with Gasteiger partial charge in [-0.1, -0.05) is 25.6 Å². The predicted octanol–water partition coefficient (Wildman–Crippen LogP) is 1.56. The van der Waals surface area contributed by atoms with Crippen molar-refractivity contribution in [2.45, 2.75) is 25.6 Å². The summed E-state index contributed by atoms with van der Waals surface area (Å²) in [5, 5.41) is 0. The van der Waals surface area contributed by atoms with Gasteiger partial charge in [0.25, 0.3) is 0 Å². The van der Waals surface area contributed by atoms with Crippen molar-refractivity contribution in [1.82, 2.24) is 0 Å². The average molecular weight is 60.1 g/mol. The van der Waals surface area contributed by atoms with Crippen molar-refractivity contribution < 1.29 is 2.74 Å². The molecule has 0 heteroatoms. The first-order chi connectivity index (χ1) is 2.71. The Kier molecular flexibility index (Phi) is 0.188. The lowest BCUT2D eigenvalue weighted by atomic mass is 10.0. The van der Waals surface area contributed by atoms with Crippen molar-refractivity contribution in [3.8, 4) is 0 Å². The fourth-order valence-electron chi connectivity index (χ4n) is 0.177. The molecule has 0 aromatic heterocycles. The Balaban J connectivity index is 2.31. The molecule has 0 bridgehead atoms. The minimum atomic E-state index is -0.778. The summed E-state index contributed by atoms with van der Waals surface area (Å²) in [5.74, 6) is 0. The lowest BCUT2D eigenvalue weighted by Crippen LogP contribution is -1.85. The Hall–Kier alpha value is 0. The maximum Gasteiger partial charge on any atom is 0.0267 e. The molecule has 24 valence electrons. The molecule has 0 spiro atoms. The minimum Gasteiger partial charge on any atom is -0.0533 e. The molecule has 0 aliphatic heterocycles. The van der Waals surface area contributed by atoms with Crippen LogP contribution in [-0.2, 0) is 0 Å². The van der Waals surface area contributed by atoms with Gasteiger partial charge in [-0.15, -0.1) is 0 Å². The third-order valence-electron chi connectivity index (χ3n) is 0.707. The molecule has 1 fully saturated rings. The molecule has 0 aromatic carbocycles. The van der Waals surface area contributed by atoms with E-state index in [9.17, 15) is 0 Å². The number of hydrogen-bond donors (Lipinski definition) is 0. The van der Waals surface area contributed by atoms with Crippen LogP contribution in [-0.4, -0.2) is 0 Å². The van der Waals surface area contributed by atoms with E-state index in [0.717, 1.165) is 19.3 Å². The van der Waals surface area contributed by atoms with E-state index in [0.29, 0.717) is 0 Å². The molecular weight excluding hydrogens is 48.0 g/mol. The molecule has 4 heavy (non-hydrogen) atoms. The van der Waals surface area contributed by atoms with Gasteiger partial charge in [0, 0.05) is 2.74 Å². The highest BCUT2D eigenvalue weighted by atomic mass is 14.0. The molecule has 0 amide bonds. The van der Waals surface area contributed by atoms with Crippen LogP contribution < -0.4 is 0 Å². The first-order valence-corrected chi connectivity index (χ1v) is 1.71. The van der Waals surface area contributed by atoms with Crippen LogP contribution in [0, 0.1) is 0 Å². The summed E-state index contributed by atoms with van der Waals surface area (Å²) in [4.78, 5) is 0. The summed E-state index contributed by atoms with van der Waals surface area (Å²) in [5.41, 5.74) is 0. The monoisotopic (exact) mass is 60.1 g/mol. The Bertz CT molecular complexity index is 52.6. The van der Waals surface area contributed by atoms with Crippen LogP contribution in [0.4, 0.5) is 0 Å². The molecule has 0 saturated heterocycles. The zero-order chi connectivity index (χ0) is 4.62. The van der Waals surface area contributed by atoms with Crippen LogP contribution in [0.2, 0.25) is 0 Å². The van der Waals surface area contributed by atoms with Crippen LogP contribution in [0.25, 0.3) is 0 Å². The second kappa shape index (κ2) is 0.750. The summed E-state index contributed by atoms with van der Waals surface area (Å²) in [6.07, 6.45) is 1.88. The SMILES string of the molecule is [3H]C1([3H])CCC1. The van der Waals surface area contributed by atoms with Gasteiger partial charge in [0.2, 0.25) is 0 Å². The fraction of sp³-hybridized carbons (Fsp3) is 1.00. The minimum absolute atomic E-state index is 0.778. The molecule has 0 nitrogen and oxygen atoms in total. The first-order valence-electron chi connectivity index (χ1n) is 2.71. The number of rotatable bonds is 0. The molecule has 0 aromatic rings. The van der Waals surface area contributed by atoms with Crippen molar-refractivity contribution in [3.05, 3.63) is 0 Å². The van der Waals surface area contributed by atoms with E-state index in [4.69, 9.17) is 2.74 Å². The smallest absolute Gasteiger partial charge is 0.0267 e. The molecule has 0 radical (unpaired) electrons. The molecule has 1 aliphatic carbocycles. The van der Waals surface area contributed by atoms with E-state index in [-0.39, 0.29) is 0 Å². The molecule has 1 aliphatic rings. The zero-order valence-electron chi connectivity index (χ0n) is 4.62. The van der Waals surface area contributed by atoms with Gasteiger partial charge < -0.3 is 0 Å². The third-order valence-corrected chi connectivity index (χ3v) is 0.707. The largest absolute Gasteiger partial charge is 0.0533 e. The van der Waals surface area contributed by atoms with Crippen molar-refractivity contribution >= 4 is 0 Å². The normalized spacial score (nSPS) is 44.0. The van der Waals surface area contributed by atoms with Gasteiger partial charge >= 0.3 is 0 Å². The topological polar surface area (TPSA) is 0 Å². The maximum absolute atomic E-state index is 6.93. The van der Waals surface area contributed by atoms with E-state index in [1.807, 2.05) is 0 Å². The van der Waals surface area contributed by atoms with Crippen LogP contribution in [0.15, 0.2) is 0 Å². The van der Waals surface area contributed by atoms with Gasteiger partial charge in [0.05, 0.1) is 0 Å². The Morgan fingerprint density at radius 2 is 1.75 bits per heavy atom. The fourth-order valence-corrected chi connectivity index (χ4v) is 0.177. The molecular formula is C4H8. The van der Waals surface area contributed by atoms with E-state index in [1.54, 1.807) is 0 Å². The van der Waals surface area contributed by atoms with Gasteiger partial charge in [-0.05, 0) is 0 Å². The number of hydrogen-bond acceptors (Lipinski definition) is 0. The Morgan fingerprint density at radius 1 is 1.25 bits per heavy atom. The summed E-state index contributed by atoms with van der Waals surface area (Å²) >= 11 is 0. The summed E-state index contributed by atoms with van der Waals surface area (Å²) in [7, 11) is 0. The standard InChI is InChI=1S/C4H8/c1-2-4-3-1/h1-4H2/i1T2. The van der Waals surface area contributed by atoms with Crippen LogP contribution in [0.3, 0.4) is 0 Å². The van der Waals surface area contributed by atoms with Crippen molar-refractivity contribution in [1.29, 1.82) is 0 Å². The Labute approximate surface area is 29.6 Å². The predicted molar refractivity (Wildman–Crippen MR) is 18.5 cm³/mol. The van der Waals surface area contributed by atoms with Crippen LogP contribution in [0.5, 0.6) is 0 Å². The molecule has 1 rings (SSSR count). The summed E-state index contributed by atoms with van der Waals surface area (Å²) in [6.45, 7) is 0. The summed E-state index contributed by atoms with van der Waals surface area (Å²) < 4.78 is 13.9. The molecule has 0 heterocycles. The van der Waals surface area contributed by atoms with Crippen molar-refractivity contribution in [2.24, 2.45) is 0 Å². The highest BCUT2D eigenvalue weighted by Crippen LogP contribution is 2.15. The van der Waals surface area contributed by atoms with E-state index < -0.39 is 6.37 Å². The van der Waals surface area contributed by atoms with Gasteiger partial charge in [-0.3, -0.25) is 0 Å². The second-order valence-electron chi connectivity index (χ2n) is 1.10. The van der Waals surface area contributed by atoms with Crippen LogP contribution in [0.1, 0.15) is 28.4 Å². The van der Waals surface area contributed by atoms with E-state index in [2.05, 4.69) is 0 Å². The molecule has 0 N–H and O–H groups in total. The Morgan fingerprint density at radius 3 is 1.75 bits per heavy atom. The van der Waals surface area contributed by atoms with E-state index >= 15 is 0 Å². The maximum atomic E-state index is 6.93. The molecule has 0 unspecified atom stereocenters. The van der Waals surface area contributed by atoms with Gasteiger partial charge in [0.15, 0.2) is 0 Å². The van der Waals surface area contributed by atoms with Gasteiger partial charge in [0.1, 0.15) is 0 Å². The third kappa shape index (κ3) is 0.125. The lowest BCUT2D eigenvalue weighted by Gasteiger charge is -2.05. The van der Waals surface area contributed by atoms with E-state index in [1.165, 1.54) is 0 Å². The zero-order valence-corrected chi connectivity index (χ0v) is 2.62. The lowest BCUT2D eigenvalue weighted by molar-refractivity contribution is 0.504. The molecule has 0 atom stereocenters. The molecule has 1 saturated carbocycles. The highest BCUT2D eigenvalue weighted by molar-refractivity contribution is 4.50. The van der Waals surface area contributed by atoms with Crippen molar-refractivity contribution in [3.63, 3.8) is 0 Å². The average Bonchev–Trinajstić information content (AvgIpc) is 1.32. The van der Waals surface area contributed by atoms with Crippen molar-refractivity contribution in [2.75, 3.05) is 0 Å². The second-order valence-corrected chi connectivity index (χ2v) is 1.10. The summed E-state index contributed by atoms with van der Waals surface area (Å²) in [6, 6.07) is 0. The first kappa shape index (κ1) is 1.00.